The van der Waals surface area contributed by atoms with Crippen molar-refractivity contribution in [1.82, 2.24) is 0 Å². The largest absolute Gasteiger partial charge is 0.396 e. The summed E-state index contributed by atoms with van der Waals surface area (Å²) in [5.41, 5.74) is 6.32. The molecule has 0 spiro atoms. The molecule has 3 N–H and O–H groups in total. The van der Waals surface area contributed by atoms with Crippen molar-refractivity contribution in [3.63, 3.8) is 0 Å². The summed E-state index contributed by atoms with van der Waals surface area (Å²) in [6.45, 7) is 3.88. The molecule has 0 saturated carbocycles. The van der Waals surface area contributed by atoms with Crippen LogP contribution in [-0.4, -0.2) is 17.5 Å². The summed E-state index contributed by atoms with van der Waals surface area (Å²) < 4.78 is 13.6. The molecule has 0 radical (unpaired) electrons. The lowest BCUT2D eigenvalue weighted by Crippen LogP contribution is -2.10. The Morgan fingerprint density at radius 3 is 2.69 bits per heavy atom. The Morgan fingerprint density at radius 2 is 2.12 bits per heavy atom. The van der Waals surface area contributed by atoms with Crippen molar-refractivity contribution >= 4 is 11.8 Å². The number of hydrogen-bond acceptors (Lipinski definition) is 3. The lowest BCUT2D eigenvalue weighted by Gasteiger charge is -2.14. The molecule has 2 atom stereocenters. The Bertz CT molecular complexity index is 344. The van der Waals surface area contributed by atoms with Gasteiger partial charge in [-0.15, -0.1) is 11.8 Å². The molecule has 0 saturated heterocycles. The van der Waals surface area contributed by atoms with Crippen molar-refractivity contribution in [1.29, 1.82) is 0 Å². The Labute approximate surface area is 100 Å². The van der Waals surface area contributed by atoms with E-state index in [2.05, 4.69) is 0 Å². The van der Waals surface area contributed by atoms with Crippen LogP contribution in [0.3, 0.4) is 0 Å². The molecule has 0 fully saturated rings. The zero-order valence-electron chi connectivity index (χ0n) is 9.61. The van der Waals surface area contributed by atoms with Gasteiger partial charge < -0.3 is 10.8 Å². The number of halogens is 1. The van der Waals surface area contributed by atoms with Gasteiger partial charge in [0.1, 0.15) is 5.82 Å². The van der Waals surface area contributed by atoms with E-state index in [1.54, 1.807) is 24.8 Å². The summed E-state index contributed by atoms with van der Waals surface area (Å²) in [5, 5.41) is 8.93. The Morgan fingerprint density at radius 1 is 1.44 bits per heavy atom. The van der Waals surface area contributed by atoms with E-state index in [1.807, 2.05) is 13.0 Å². The van der Waals surface area contributed by atoms with Crippen LogP contribution in [0.25, 0.3) is 0 Å². The molecular formula is C12H18FNOS. The van der Waals surface area contributed by atoms with Crippen molar-refractivity contribution in [2.75, 3.05) is 12.4 Å². The van der Waals surface area contributed by atoms with E-state index in [0.29, 0.717) is 5.56 Å². The van der Waals surface area contributed by atoms with Crippen molar-refractivity contribution in [3.05, 3.63) is 29.6 Å². The maximum atomic E-state index is 13.6. The number of benzene rings is 1. The predicted molar refractivity (Wildman–Crippen MR) is 66.0 cm³/mol. The standard InChI is InChI=1S/C12H18FNOS/c1-8(6-15)7-16-11-5-3-4-10(13)12(11)9(2)14/h3-5,8-9,15H,6-7,14H2,1-2H3. The molecule has 0 aliphatic heterocycles. The Balaban J connectivity index is 2.83. The molecule has 0 bridgehead atoms. The van der Waals surface area contributed by atoms with Gasteiger partial charge in [0.05, 0.1) is 0 Å². The summed E-state index contributed by atoms with van der Waals surface area (Å²) in [6.07, 6.45) is 0. The number of nitrogens with two attached hydrogens (primary N) is 1. The van der Waals surface area contributed by atoms with E-state index in [1.165, 1.54) is 6.07 Å². The quantitative estimate of drug-likeness (QED) is 0.781. The van der Waals surface area contributed by atoms with Crippen LogP contribution in [0.5, 0.6) is 0 Å². The van der Waals surface area contributed by atoms with Gasteiger partial charge in [0.2, 0.25) is 0 Å². The average molecular weight is 243 g/mol. The van der Waals surface area contributed by atoms with Crippen LogP contribution in [0.15, 0.2) is 23.1 Å². The van der Waals surface area contributed by atoms with Crippen LogP contribution >= 0.6 is 11.8 Å². The SMILES string of the molecule is CC(CO)CSc1cccc(F)c1C(C)N. The van der Waals surface area contributed by atoms with E-state index in [4.69, 9.17) is 10.8 Å². The normalized spacial score (nSPS) is 14.8. The lowest BCUT2D eigenvalue weighted by atomic mass is 10.1. The summed E-state index contributed by atoms with van der Waals surface area (Å²) in [5.74, 6) is 0.713. The summed E-state index contributed by atoms with van der Waals surface area (Å²) in [7, 11) is 0. The van der Waals surface area contributed by atoms with Crippen molar-refractivity contribution in [2.45, 2.75) is 24.8 Å². The van der Waals surface area contributed by atoms with Crippen molar-refractivity contribution < 1.29 is 9.50 Å². The van der Waals surface area contributed by atoms with Gasteiger partial charge in [0.25, 0.3) is 0 Å². The predicted octanol–water partition coefficient (Wildman–Crippen LogP) is 2.57. The van der Waals surface area contributed by atoms with E-state index >= 15 is 0 Å². The van der Waals surface area contributed by atoms with Crippen LogP contribution in [0, 0.1) is 11.7 Å². The Hall–Kier alpha value is -0.580. The minimum atomic E-state index is -0.312. The zero-order chi connectivity index (χ0) is 12.1. The van der Waals surface area contributed by atoms with Gasteiger partial charge in [0.15, 0.2) is 0 Å². The van der Waals surface area contributed by atoms with Crippen LogP contribution in [0.1, 0.15) is 25.5 Å². The molecule has 0 aliphatic rings. The van der Waals surface area contributed by atoms with Crippen LogP contribution in [0.4, 0.5) is 4.39 Å². The van der Waals surface area contributed by atoms with Crippen LogP contribution < -0.4 is 5.73 Å². The fraction of sp³-hybridized carbons (Fsp3) is 0.500. The lowest BCUT2D eigenvalue weighted by molar-refractivity contribution is 0.250. The maximum absolute atomic E-state index is 13.6. The van der Waals surface area contributed by atoms with Gasteiger partial charge in [0, 0.05) is 28.9 Å². The smallest absolute Gasteiger partial charge is 0.129 e. The number of hydrogen-bond donors (Lipinski definition) is 2. The highest BCUT2D eigenvalue weighted by Crippen LogP contribution is 2.29. The van der Waals surface area contributed by atoms with Crippen molar-refractivity contribution in [2.24, 2.45) is 11.7 Å². The monoisotopic (exact) mass is 243 g/mol. The van der Waals surface area contributed by atoms with E-state index < -0.39 is 0 Å². The van der Waals surface area contributed by atoms with Gasteiger partial charge in [-0.3, -0.25) is 0 Å². The molecule has 90 valence electrons. The molecule has 1 rings (SSSR count). The fourth-order valence-corrected chi connectivity index (χ4v) is 2.55. The fourth-order valence-electron chi connectivity index (χ4n) is 1.37. The summed E-state index contributed by atoms with van der Waals surface area (Å²) in [6, 6.07) is 4.68. The second kappa shape index (κ2) is 6.23. The molecule has 2 nitrogen and oxygen atoms in total. The second-order valence-electron chi connectivity index (χ2n) is 4.04. The first-order chi connectivity index (χ1) is 7.56. The average Bonchev–Trinajstić information content (AvgIpc) is 2.25. The highest BCUT2D eigenvalue weighted by Gasteiger charge is 2.13. The molecule has 0 heterocycles. The third kappa shape index (κ3) is 3.47. The van der Waals surface area contributed by atoms with Gasteiger partial charge >= 0.3 is 0 Å². The first-order valence-electron chi connectivity index (χ1n) is 5.34. The second-order valence-corrected chi connectivity index (χ2v) is 5.10. The van der Waals surface area contributed by atoms with Gasteiger partial charge in [-0.05, 0) is 25.0 Å². The van der Waals surface area contributed by atoms with Crippen molar-refractivity contribution in [3.8, 4) is 0 Å². The highest BCUT2D eigenvalue weighted by atomic mass is 32.2. The molecular weight excluding hydrogens is 225 g/mol. The molecule has 0 amide bonds. The molecule has 4 heteroatoms. The number of aliphatic hydroxyl groups is 1. The van der Waals surface area contributed by atoms with E-state index in [-0.39, 0.29) is 24.4 Å². The number of rotatable bonds is 5. The summed E-state index contributed by atoms with van der Waals surface area (Å²) >= 11 is 1.54. The van der Waals surface area contributed by atoms with Crippen LogP contribution in [-0.2, 0) is 0 Å². The molecule has 0 aliphatic carbocycles. The topological polar surface area (TPSA) is 46.2 Å². The molecule has 16 heavy (non-hydrogen) atoms. The molecule has 0 aromatic heterocycles. The first-order valence-corrected chi connectivity index (χ1v) is 6.32. The molecule has 1 aromatic carbocycles. The maximum Gasteiger partial charge on any atom is 0.129 e. The molecule has 1 aromatic rings. The van der Waals surface area contributed by atoms with Gasteiger partial charge in [-0.2, -0.15) is 0 Å². The third-order valence-corrected chi connectivity index (χ3v) is 3.71. The van der Waals surface area contributed by atoms with Gasteiger partial charge in [-0.1, -0.05) is 13.0 Å². The minimum absolute atomic E-state index is 0.149. The van der Waals surface area contributed by atoms with E-state index in [9.17, 15) is 4.39 Å². The molecule has 2 unspecified atom stereocenters. The zero-order valence-corrected chi connectivity index (χ0v) is 10.4. The minimum Gasteiger partial charge on any atom is -0.396 e. The van der Waals surface area contributed by atoms with Crippen LogP contribution in [0.2, 0.25) is 0 Å². The first kappa shape index (κ1) is 13.5. The Kier molecular flexibility index (Phi) is 5.25. The third-order valence-electron chi connectivity index (χ3n) is 2.30. The summed E-state index contributed by atoms with van der Waals surface area (Å²) in [4.78, 5) is 0.871. The van der Waals surface area contributed by atoms with E-state index in [0.717, 1.165) is 10.6 Å². The number of aliphatic hydroxyl groups excluding tert-OH is 1. The number of thioether (sulfide) groups is 1. The van der Waals surface area contributed by atoms with Gasteiger partial charge in [-0.25, -0.2) is 4.39 Å². The highest BCUT2D eigenvalue weighted by molar-refractivity contribution is 7.99.